The zero-order valence-corrected chi connectivity index (χ0v) is 14.4. The van der Waals surface area contributed by atoms with Crippen molar-refractivity contribution in [2.45, 2.75) is 31.0 Å². The molecule has 1 aliphatic heterocycles. The van der Waals surface area contributed by atoms with Gasteiger partial charge in [0, 0.05) is 39.3 Å². The Morgan fingerprint density at radius 2 is 2.15 bits per heavy atom. The second-order valence-corrected chi connectivity index (χ2v) is 6.50. The topological polar surface area (TPSA) is 49.3 Å². The SMILES string of the molecule is CSc1ncc(Br)c(N2CCC(N(C)C(C)=O)CC2)n1. The predicted molar refractivity (Wildman–Crippen MR) is 85.2 cm³/mol. The number of hydrogen-bond acceptors (Lipinski definition) is 5. The fraction of sp³-hybridized carbons (Fsp3) is 0.615. The molecule has 0 spiro atoms. The molecule has 110 valence electrons. The summed E-state index contributed by atoms with van der Waals surface area (Å²) in [5, 5.41) is 0.783. The lowest BCUT2D eigenvalue weighted by Crippen LogP contribution is -2.45. The fourth-order valence-electron chi connectivity index (χ4n) is 2.38. The van der Waals surface area contributed by atoms with Crippen molar-refractivity contribution >= 4 is 39.4 Å². The molecule has 1 fully saturated rings. The van der Waals surface area contributed by atoms with Crippen LogP contribution < -0.4 is 4.90 Å². The van der Waals surface area contributed by atoms with Gasteiger partial charge in [-0.1, -0.05) is 11.8 Å². The van der Waals surface area contributed by atoms with E-state index in [-0.39, 0.29) is 5.91 Å². The van der Waals surface area contributed by atoms with E-state index >= 15 is 0 Å². The van der Waals surface area contributed by atoms with Crippen LogP contribution in [0.25, 0.3) is 0 Å². The zero-order chi connectivity index (χ0) is 14.7. The third kappa shape index (κ3) is 3.44. The largest absolute Gasteiger partial charge is 0.355 e. The van der Waals surface area contributed by atoms with Crippen LogP contribution in [0.4, 0.5) is 5.82 Å². The quantitative estimate of drug-likeness (QED) is 0.613. The van der Waals surface area contributed by atoms with E-state index in [1.165, 1.54) is 0 Å². The van der Waals surface area contributed by atoms with E-state index in [1.807, 2.05) is 24.4 Å². The number of amides is 1. The summed E-state index contributed by atoms with van der Waals surface area (Å²) in [4.78, 5) is 24.3. The first-order valence-corrected chi connectivity index (χ1v) is 8.59. The van der Waals surface area contributed by atoms with E-state index in [0.29, 0.717) is 6.04 Å². The van der Waals surface area contributed by atoms with E-state index < -0.39 is 0 Å². The maximum atomic E-state index is 11.4. The van der Waals surface area contributed by atoms with Crippen molar-refractivity contribution in [3.8, 4) is 0 Å². The Morgan fingerprint density at radius 1 is 1.50 bits per heavy atom. The Hall–Kier alpha value is -0.820. The molecule has 1 amide bonds. The van der Waals surface area contributed by atoms with Crippen LogP contribution in [0.3, 0.4) is 0 Å². The Morgan fingerprint density at radius 3 is 2.70 bits per heavy atom. The molecule has 7 heteroatoms. The van der Waals surface area contributed by atoms with Gasteiger partial charge >= 0.3 is 0 Å². The van der Waals surface area contributed by atoms with Gasteiger partial charge < -0.3 is 9.80 Å². The number of nitrogens with zero attached hydrogens (tertiary/aromatic N) is 4. The van der Waals surface area contributed by atoms with Crippen molar-refractivity contribution in [3.05, 3.63) is 10.7 Å². The molecule has 0 atom stereocenters. The second-order valence-electron chi connectivity index (χ2n) is 4.88. The highest BCUT2D eigenvalue weighted by atomic mass is 79.9. The van der Waals surface area contributed by atoms with Gasteiger partial charge in [-0.2, -0.15) is 0 Å². The lowest BCUT2D eigenvalue weighted by Gasteiger charge is -2.37. The van der Waals surface area contributed by atoms with Crippen molar-refractivity contribution in [1.29, 1.82) is 0 Å². The van der Waals surface area contributed by atoms with Gasteiger partial charge in [-0.25, -0.2) is 9.97 Å². The first-order chi connectivity index (χ1) is 9.52. The third-order valence-corrected chi connectivity index (χ3v) is 4.82. The van der Waals surface area contributed by atoms with Gasteiger partial charge in [0.1, 0.15) is 5.82 Å². The molecule has 1 aliphatic rings. The molecule has 20 heavy (non-hydrogen) atoms. The summed E-state index contributed by atoms with van der Waals surface area (Å²) in [6.45, 7) is 3.44. The molecule has 0 aromatic carbocycles. The Labute approximate surface area is 132 Å². The van der Waals surface area contributed by atoms with Crippen molar-refractivity contribution < 1.29 is 4.79 Å². The lowest BCUT2D eigenvalue weighted by atomic mass is 10.0. The Balaban J connectivity index is 2.05. The first kappa shape index (κ1) is 15.6. The Bertz CT molecular complexity index is 491. The number of aromatic nitrogens is 2. The van der Waals surface area contributed by atoms with Crippen molar-refractivity contribution in [2.75, 3.05) is 31.3 Å². The monoisotopic (exact) mass is 358 g/mol. The number of thioether (sulfide) groups is 1. The number of anilines is 1. The highest BCUT2D eigenvalue weighted by Gasteiger charge is 2.25. The smallest absolute Gasteiger partial charge is 0.219 e. The van der Waals surface area contributed by atoms with Crippen LogP contribution in [0, 0.1) is 0 Å². The minimum atomic E-state index is 0.135. The summed E-state index contributed by atoms with van der Waals surface area (Å²) >= 11 is 5.06. The molecule has 0 aliphatic carbocycles. The average molecular weight is 359 g/mol. The molecule has 1 aromatic rings. The van der Waals surface area contributed by atoms with Gasteiger partial charge in [0.05, 0.1) is 4.47 Å². The molecular weight excluding hydrogens is 340 g/mol. The van der Waals surface area contributed by atoms with E-state index in [9.17, 15) is 4.79 Å². The fourth-order valence-corrected chi connectivity index (χ4v) is 3.16. The first-order valence-electron chi connectivity index (χ1n) is 6.57. The maximum absolute atomic E-state index is 11.4. The molecule has 0 bridgehead atoms. The summed E-state index contributed by atoms with van der Waals surface area (Å²) in [6, 6.07) is 0.337. The van der Waals surface area contributed by atoms with Crippen molar-refractivity contribution in [1.82, 2.24) is 14.9 Å². The number of carbonyl (C=O) groups excluding carboxylic acids is 1. The summed E-state index contributed by atoms with van der Waals surface area (Å²) in [6.07, 6.45) is 5.73. The molecule has 2 rings (SSSR count). The van der Waals surface area contributed by atoms with Crippen molar-refractivity contribution in [3.63, 3.8) is 0 Å². The number of hydrogen-bond donors (Lipinski definition) is 0. The van der Waals surface area contributed by atoms with E-state index in [2.05, 4.69) is 30.8 Å². The number of carbonyl (C=O) groups is 1. The van der Waals surface area contributed by atoms with Crippen LogP contribution >= 0.6 is 27.7 Å². The van der Waals surface area contributed by atoms with Crippen LogP contribution in [-0.4, -0.2) is 53.2 Å². The van der Waals surface area contributed by atoms with Gasteiger partial charge in [0.25, 0.3) is 0 Å². The highest BCUT2D eigenvalue weighted by Crippen LogP contribution is 2.28. The molecular formula is C13H19BrN4OS. The summed E-state index contributed by atoms with van der Waals surface area (Å²) in [5.41, 5.74) is 0. The molecule has 2 heterocycles. The summed E-state index contributed by atoms with van der Waals surface area (Å²) in [5.74, 6) is 1.09. The molecule has 1 saturated heterocycles. The normalized spacial score (nSPS) is 16.3. The molecule has 0 unspecified atom stereocenters. The van der Waals surface area contributed by atoms with Gasteiger partial charge in [-0.05, 0) is 35.0 Å². The van der Waals surface area contributed by atoms with Gasteiger partial charge in [-0.3, -0.25) is 4.79 Å². The molecule has 1 aromatic heterocycles. The predicted octanol–water partition coefficient (Wildman–Crippen LogP) is 2.41. The van der Waals surface area contributed by atoms with Gasteiger partial charge in [0.15, 0.2) is 5.16 Å². The second kappa shape index (κ2) is 6.76. The standard InChI is InChI=1S/C13H19BrN4OS/c1-9(19)17(2)10-4-6-18(7-5-10)12-11(14)8-15-13(16-12)20-3/h8,10H,4-7H2,1-3H3. The van der Waals surface area contributed by atoms with Crippen LogP contribution in [0.2, 0.25) is 0 Å². The molecule has 0 N–H and O–H groups in total. The average Bonchev–Trinajstić information content (AvgIpc) is 2.47. The zero-order valence-electron chi connectivity index (χ0n) is 12.0. The summed E-state index contributed by atoms with van der Waals surface area (Å²) in [7, 11) is 1.88. The third-order valence-electron chi connectivity index (χ3n) is 3.69. The minimum Gasteiger partial charge on any atom is -0.355 e. The number of piperidine rings is 1. The summed E-state index contributed by atoms with van der Waals surface area (Å²) < 4.78 is 0.925. The van der Waals surface area contributed by atoms with Crippen LogP contribution in [0.1, 0.15) is 19.8 Å². The van der Waals surface area contributed by atoms with Gasteiger partial charge in [0.2, 0.25) is 5.91 Å². The molecule has 0 saturated carbocycles. The maximum Gasteiger partial charge on any atom is 0.219 e. The van der Waals surface area contributed by atoms with Crippen molar-refractivity contribution in [2.24, 2.45) is 0 Å². The van der Waals surface area contributed by atoms with Gasteiger partial charge in [-0.15, -0.1) is 0 Å². The molecule has 0 radical (unpaired) electrons. The van der Waals surface area contributed by atoms with E-state index in [1.54, 1.807) is 18.7 Å². The van der Waals surface area contributed by atoms with E-state index in [0.717, 1.165) is 41.4 Å². The van der Waals surface area contributed by atoms with E-state index in [4.69, 9.17) is 0 Å². The van der Waals surface area contributed by atoms with Crippen LogP contribution in [0.15, 0.2) is 15.8 Å². The minimum absolute atomic E-state index is 0.135. The van der Waals surface area contributed by atoms with Crippen LogP contribution in [0.5, 0.6) is 0 Å². The number of rotatable bonds is 3. The highest BCUT2D eigenvalue weighted by molar-refractivity contribution is 9.10. The lowest BCUT2D eigenvalue weighted by molar-refractivity contribution is -0.129. The molecule has 5 nitrogen and oxygen atoms in total. The number of halogens is 1. The Kier molecular flexibility index (Phi) is 5.26. The van der Waals surface area contributed by atoms with Crippen LogP contribution in [-0.2, 0) is 4.79 Å².